The largest absolute Gasteiger partial charge is 0.465 e. The van der Waals surface area contributed by atoms with Crippen LogP contribution in [0.4, 0.5) is 5.00 Å². The second kappa shape index (κ2) is 9.00. The molecule has 3 heterocycles. The number of ether oxygens (including phenoxy) is 1. The Kier molecular flexibility index (Phi) is 5.89. The second-order valence-corrected chi connectivity index (χ2v) is 10.0. The highest BCUT2D eigenvalue weighted by molar-refractivity contribution is 7.23. The number of aromatic nitrogens is 1. The third-order valence-corrected chi connectivity index (χ3v) is 8.00. The number of rotatable bonds is 4. The van der Waals surface area contributed by atoms with E-state index >= 15 is 0 Å². The van der Waals surface area contributed by atoms with Crippen molar-refractivity contribution in [1.82, 2.24) is 9.88 Å². The van der Waals surface area contributed by atoms with Crippen molar-refractivity contribution in [3.63, 3.8) is 0 Å². The van der Waals surface area contributed by atoms with Gasteiger partial charge in [-0.3, -0.25) is 9.59 Å². The lowest BCUT2D eigenvalue weighted by molar-refractivity contribution is -0.129. The van der Waals surface area contributed by atoms with Gasteiger partial charge in [-0.05, 0) is 36.2 Å². The van der Waals surface area contributed by atoms with Gasteiger partial charge in [0.2, 0.25) is 5.91 Å². The second-order valence-electron chi connectivity index (χ2n) is 7.88. The third kappa shape index (κ3) is 3.97. The molecular formula is C25H21N3O4S2. The molecule has 0 saturated carbocycles. The van der Waals surface area contributed by atoms with E-state index in [1.54, 1.807) is 47.4 Å². The highest BCUT2D eigenvalue weighted by atomic mass is 32.1. The minimum atomic E-state index is -0.570. The predicted octanol–water partition coefficient (Wildman–Crippen LogP) is 4.97. The number of benzene rings is 2. The molecule has 2 aromatic carbocycles. The molecule has 172 valence electrons. The Hall–Kier alpha value is -3.56. The van der Waals surface area contributed by atoms with Gasteiger partial charge < -0.3 is 15.0 Å². The van der Waals surface area contributed by atoms with Crippen LogP contribution < -0.4 is 5.32 Å². The van der Waals surface area contributed by atoms with Gasteiger partial charge in [0.25, 0.3) is 5.91 Å². The Morgan fingerprint density at radius 2 is 1.76 bits per heavy atom. The van der Waals surface area contributed by atoms with E-state index in [0.29, 0.717) is 24.5 Å². The fourth-order valence-electron chi connectivity index (χ4n) is 4.11. The van der Waals surface area contributed by atoms with E-state index in [2.05, 4.69) is 5.32 Å². The molecule has 9 heteroatoms. The van der Waals surface area contributed by atoms with E-state index in [-0.39, 0.29) is 17.0 Å². The van der Waals surface area contributed by atoms with E-state index in [1.165, 1.54) is 18.4 Å². The number of methoxy groups -OCH3 is 1. The normalized spacial score (nSPS) is 12.9. The van der Waals surface area contributed by atoms with Crippen molar-refractivity contribution in [1.29, 1.82) is 0 Å². The molecule has 1 aliphatic heterocycles. The van der Waals surface area contributed by atoms with Crippen molar-refractivity contribution >= 4 is 55.7 Å². The van der Waals surface area contributed by atoms with Gasteiger partial charge in [-0.15, -0.1) is 22.7 Å². The van der Waals surface area contributed by atoms with Crippen LogP contribution in [-0.4, -0.2) is 41.3 Å². The van der Waals surface area contributed by atoms with Crippen LogP contribution in [0.3, 0.4) is 0 Å². The molecule has 0 radical (unpaired) electrons. The van der Waals surface area contributed by atoms with E-state index in [9.17, 15) is 14.4 Å². The van der Waals surface area contributed by atoms with Gasteiger partial charge in [-0.2, -0.15) is 0 Å². The summed E-state index contributed by atoms with van der Waals surface area (Å²) in [5.74, 6) is -0.941. The molecule has 0 aliphatic carbocycles. The van der Waals surface area contributed by atoms with Gasteiger partial charge in [0.05, 0.1) is 35.0 Å². The zero-order valence-corrected chi connectivity index (χ0v) is 20.2. The molecule has 0 bridgehead atoms. The number of carbonyl (C=O) groups is 3. The smallest absolute Gasteiger partial charge is 0.338 e. The van der Waals surface area contributed by atoms with Gasteiger partial charge in [-0.1, -0.05) is 24.3 Å². The highest BCUT2D eigenvalue weighted by Crippen LogP contribution is 2.45. The minimum Gasteiger partial charge on any atom is -0.465 e. The third-order valence-electron chi connectivity index (χ3n) is 5.81. The molecule has 4 aromatic rings. The number of amides is 2. The van der Waals surface area contributed by atoms with Crippen LogP contribution >= 0.6 is 22.7 Å². The number of hydrogen-bond acceptors (Lipinski definition) is 7. The monoisotopic (exact) mass is 491 g/mol. The molecule has 1 aliphatic rings. The summed E-state index contributed by atoms with van der Waals surface area (Å²) in [5.41, 5.74) is 3.35. The zero-order valence-electron chi connectivity index (χ0n) is 18.6. The summed E-state index contributed by atoms with van der Waals surface area (Å²) in [7, 11) is 1.29. The SMILES string of the molecule is COC(=O)c1ccccc1C(=O)Nc1sc2c(c1-c1nc3ccccc3s1)CCN(C(C)=O)C2. The summed E-state index contributed by atoms with van der Waals surface area (Å²) in [6.45, 7) is 2.69. The summed E-state index contributed by atoms with van der Waals surface area (Å²) in [6.07, 6.45) is 0.686. The molecule has 0 saturated heterocycles. The predicted molar refractivity (Wildman–Crippen MR) is 133 cm³/mol. The maximum atomic E-state index is 13.3. The fraction of sp³-hybridized carbons (Fsp3) is 0.200. The average Bonchev–Trinajstić information content (AvgIpc) is 3.43. The van der Waals surface area contributed by atoms with Crippen LogP contribution in [0, 0.1) is 0 Å². The topological polar surface area (TPSA) is 88.6 Å². The summed E-state index contributed by atoms with van der Waals surface area (Å²) in [4.78, 5) is 45.2. The van der Waals surface area contributed by atoms with E-state index in [0.717, 1.165) is 31.2 Å². The lowest BCUT2D eigenvalue weighted by Gasteiger charge is -2.26. The Bertz CT molecular complexity index is 1410. The number of fused-ring (bicyclic) bond motifs is 2. The summed E-state index contributed by atoms with van der Waals surface area (Å²) >= 11 is 3.03. The summed E-state index contributed by atoms with van der Waals surface area (Å²) < 4.78 is 5.90. The number of carbonyl (C=O) groups excluding carboxylic acids is 3. The lowest BCUT2D eigenvalue weighted by atomic mass is 10.0. The van der Waals surface area contributed by atoms with Crippen LogP contribution in [0.15, 0.2) is 48.5 Å². The molecule has 0 unspecified atom stereocenters. The number of hydrogen-bond donors (Lipinski definition) is 1. The molecule has 7 nitrogen and oxygen atoms in total. The van der Waals surface area contributed by atoms with E-state index in [4.69, 9.17) is 9.72 Å². The van der Waals surface area contributed by atoms with Crippen LogP contribution in [0.2, 0.25) is 0 Å². The molecule has 1 N–H and O–H groups in total. The number of nitrogens with one attached hydrogen (secondary N) is 1. The van der Waals surface area contributed by atoms with Gasteiger partial charge in [-0.25, -0.2) is 9.78 Å². The van der Waals surface area contributed by atoms with E-state index < -0.39 is 11.9 Å². The number of para-hydroxylation sites is 1. The Morgan fingerprint density at radius 1 is 1.03 bits per heavy atom. The van der Waals surface area contributed by atoms with Crippen molar-refractivity contribution < 1.29 is 19.1 Å². The van der Waals surface area contributed by atoms with Crippen molar-refractivity contribution in [2.75, 3.05) is 19.0 Å². The molecule has 34 heavy (non-hydrogen) atoms. The van der Waals surface area contributed by atoms with Gasteiger partial charge >= 0.3 is 5.97 Å². The summed E-state index contributed by atoms with van der Waals surface area (Å²) in [6, 6.07) is 14.5. The summed E-state index contributed by atoms with van der Waals surface area (Å²) in [5, 5.41) is 4.52. The van der Waals surface area contributed by atoms with Crippen LogP contribution in [0.5, 0.6) is 0 Å². The van der Waals surface area contributed by atoms with E-state index in [1.807, 2.05) is 24.3 Å². The van der Waals surface area contributed by atoms with Crippen molar-refractivity contribution in [2.45, 2.75) is 19.9 Å². The van der Waals surface area contributed by atoms with Gasteiger partial charge in [0.15, 0.2) is 0 Å². The number of thiazole rings is 1. The molecule has 5 rings (SSSR count). The Balaban J connectivity index is 1.59. The standard InChI is InChI=1S/C25H21N3O4S2/c1-14(29)28-12-11-17-20(13-28)34-24(21(17)23-26-18-9-5-6-10-19(18)33-23)27-22(30)15-7-3-4-8-16(15)25(31)32-2/h3-10H,11-13H2,1-2H3,(H,27,30). The molecule has 0 atom stereocenters. The van der Waals surface area contributed by atoms with Crippen LogP contribution in [0.1, 0.15) is 38.1 Å². The first-order chi connectivity index (χ1) is 16.5. The van der Waals surface area contributed by atoms with Crippen molar-refractivity contribution in [3.05, 3.63) is 70.1 Å². The first-order valence-electron chi connectivity index (χ1n) is 10.7. The quantitative estimate of drug-likeness (QED) is 0.407. The zero-order chi connectivity index (χ0) is 23.8. The highest BCUT2D eigenvalue weighted by Gasteiger charge is 2.29. The molecule has 0 fully saturated rings. The van der Waals surface area contributed by atoms with Gasteiger partial charge in [0, 0.05) is 23.9 Å². The van der Waals surface area contributed by atoms with Crippen molar-refractivity contribution in [3.8, 4) is 10.6 Å². The Labute approximate surface area is 204 Å². The lowest BCUT2D eigenvalue weighted by Crippen LogP contribution is -2.33. The molecule has 0 spiro atoms. The van der Waals surface area contributed by atoms with Gasteiger partial charge in [0.1, 0.15) is 10.0 Å². The maximum Gasteiger partial charge on any atom is 0.338 e. The minimum absolute atomic E-state index is 0.0261. The number of esters is 1. The first kappa shape index (κ1) is 22.2. The first-order valence-corrected chi connectivity index (χ1v) is 12.3. The van der Waals surface area contributed by atoms with Crippen LogP contribution in [-0.2, 0) is 22.5 Å². The Morgan fingerprint density at radius 3 is 2.50 bits per heavy atom. The molecule has 2 amide bonds. The molecule has 2 aromatic heterocycles. The molecular weight excluding hydrogens is 470 g/mol. The van der Waals surface area contributed by atoms with Crippen LogP contribution in [0.25, 0.3) is 20.8 Å². The van der Waals surface area contributed by atoms with Crippen molar-refractivity contribution in [2.24, 2.45) is 0 Å². The number of nitrogens with zero attached hydrogens (tertiary/aromatic N) is 2. The maximum absolute atomic E-state index is 13.3. The number of thiophene rings is 1. The number of anilines is 1. The average molecular weight is 492 g/mol. The fourth-order valence-corrected chi connectivity index (χ4v) is 6.47.